The van der Waals surface area contributed by atoms with Gasteiger partial charge in [-0.1, -0.05) is 38.1 Å². The molecule has 2 N–H and O–H groups in total. The molecule has 0 heterocycles. The van der Waals surface area contributed by atoms with Gasteiger partial charge in [-0.25, -0.2) is 0 Å². The van der Waals surface area contributed by atoms with Crippen molar-refractivity contribution in [3.05, 3.63) is 47.2 Å². The lowest BCUT2D eigenvalue weighted by Crippen LogP contribution is -1.95. The SMILES string of the molecule is C/C(N)=C/C=NCc1ccccc1C(C)C. The maximum Gasteiger partial charge on any atom is 0.0642 e. The molecule has 0 spiro atoms. The van der Waals surface area contributed by atoms with E-state index in [1.165, 1.54) is 11.1 Å². The Bertz CT molecular complexity index is 385. The van der Waals surface area contributed by atoms with Gasteiger partial charge >= 0.3 is 0 Å². The van der Waals surface area contributed by atoms with Crippen LogP contribution in [0.1, 0.15) is 37.8 Å². The first-order valence-corrected chi connectivity index (χ1v) is 5.61. The zero-order valence-corrected chi connectivity index (χ0v) is 10.3. The van der Waals surface area contributed by atoms with Gasteiger partial charge in [0.25, 0.3) is 0 Å². The van der Waals surface area contributed by atoms with Gasteiger partial charge in [-0.15, -0.1) is 0 Å². The average molecular weight is 216 g/mol. The van der Waals surface area contributed by atoms with Crippen molar-refractivity contribution in [2.24, 2.45) is 10.7 Å². The van der Waals surface area contributed by atoms with E-state index in [9.17, 15) is 0 Å². The third-order valence-corrected chi connectivity index (χ3v) is 2.38. The topological polar surface area (TPSA) is 38.4 Å². The smallest absolute Gasteiger partial charge is 0.0642 e. The van der Waals surface area contributed by atoms with Crippen LogP contribution in [0, 0.1) is 0 Å². The van der Waals surface area contributed by atoms with Gasteiger partial charge in [0.05, 0.1) is 6.54 Å². The van der Waals surface area contributed by atoms with Gasteiger partial charge in [-0.05, 0) is 30.0 Å². The van der Waals surface area contributed by atoms with Crippen molar-refractivity contribution in [2.45, 2.75) is 33.2 Å². The summed E-state index contributed by atoms with van der Waals surface area (Å²) in [7, 11) is 0. The van der Waals surface area contributed by atoms with Crippen molar-refractivity contribution in [3.8, 4) is 0 Å². The maximum absolute atomic E-state index is 5.52. The van der Waals surface area contributed by atoms with Crippen LogP contribution < -0.4 is 5.73 Å². The Kier molecular flexibility index (Phi) is 4.77. The van der Waals surface area contributed by atoms with Crippen LogP contribution in [0.2, 0.25) is 0 Å². The summed E-state index contributed by atoms with van der Waals surface area (Å²) in [6, 6.07) is 8.43. The Balaban J connectivity index is 2.74. The predicted molar refractivity (Wildman–Crippen MR) is 70.7 cm³/mol. The van der Waals surface area contributed by atoms with E-state index in [2.05, 4.69) is 43.1 Å². The van der Waals surface area contributed by atoms with Gasteiger partial charge in [-0.3, -0.25) is 4.99 Å². The minimum atomic E-state index is 0.540. The van der Waals surface area contributed by atoms with Crippen LogP contribution in [0.15, 0.2) is 41.0 Å². The van der Waals surface area contributed by atoms with Gasteiger partial charge in [0.15, 0.2) is 0 Å². The van der Waals surface area contributed by atoms with Gasteiger partial charge in [-0.2, -0.15) is 0 Å². The van der Waals surface area contributed by atoms with Crippen LogP contribution >= 0.6 is 0 Å². The molecule has 0 aliphatic rings. The van der Waals surface area contributed by atoms with E-state index >= 15 is 0 Å². The van der Waals surface area contributed by atoms with Crippen molar-refractivity contribution >= 4 is 6.21 Å². The molecule has 1 aromatic carbocycles. The molecule has 16 heavy (non-hydrogen) atoms. The van der Waals surface area contributed by atoms with Crippen molar-refractivity contribution in [1.29, 1.82) is 0 Å². The summed E-state index contributed by atoms with van der Waals surface area (Å²) in [5.74, 6) is 0.540. The van der Waals surface area contributed by atoms with E-state index in [0.717, 1.165) is 12.2 Å². The molecule has 86 valence electrons. The summed E-state index contributed by atoms with van der Waals surface area (Å²) in [5, 5.41) is 0. The fourth-order valence-electron chi connectivity index (χ4n) is 1.56. The molecule has 0 amide bonds. The Hall–Kier alpha value is -1.57. The standard InChI is InChI=1S/C14H20N2/c1-11(2)14-7-5-4-6-13(14)10-16-9-8-12(3)15/h4-9,11H,10,15H2,1-3H3/b12-8-,16-9?. The summed E-state index contributed by atoms with van der Waals surface area (Å²) in [5.41, 5.74) is 8.96. The highest BCUT2D eigenvalue weighted by molar-refractivity contribution is 5.71. The Morgan fingerprint density at radius 2 is 2.06 bits per heavy atom. The van der Waals surface area contributed by atoms with Gasteiger partial charge in [0.1, 0.15) is 0 Å². The van der Waals surface area contributed by atoms with Crippen molar-refractivity contribution in [3.63, 3.8) is 0 Å². The van der Waals surface area contributed by atoms with Gasteiger partial charge < -0.3 is 5.73 Å². The molecular weight excluding hydrogens is 196 g/mol. The molecule has 0 atom stereocenters. The number of allylic oxidation sites excluding steroid dienone is 2. The summed E-state index contributed by atoms with van der Waals surface area (Å²) in [6.45, 7) is 6.98. The van der Waals surface area contributed by atoms with Crippen LogP contribution in [-0.2, 0) is 6.54 Å². The van der Waals surface area contributed by atoms with E-state index in [1.54, 1.807) is 6.21 Å². The predicted octanol–water partition coefficient (Wildman–Crippen LogP) is 3.24. The highest BCUT2D eigenvalue weighted by Crippen LogP contribution is 2.19. The summed E-state index contributed by atoms with van der Waals surface area (Å²) >= 11 is 0. The molecule has 1 rings (SSSR count). The van der Waals surface area contributed by atoms with Crippen LogP contribution in [0.3, 0.4) is 0 Å². The molecule has 1 aromatic rings. The zero-order chi connectivity index (χ0) is 12.0. The minimum absolute atomic E-state index is 0.540. The van der Waals surface area contributed by atoms with Crippen molar-refractivity contribution in [2.75, 3.05) is 0 Å². The molecule has 0 saturated carbocycles. The first-order valence-electron chi connectivity index (χ1n) is 5.61. The molecule has 0 saturated heterocycles. The molecule has 0 fully saturated rings. The molecule has 0 unspecified atom stereocenters. The first kappa shape index (κ1) is 12.5. The third kappa shape index (κ3) is 3.89. The van der Waals surface area contributed by atoms with Gasteiger partial charge in [0.2, 0.25) is 0 Å². The van der Waals surface area contributed by atoms with Crippen molar-refractivity contribution in [1.82, 2.24) is 0 Å². The number of nitrogens with two attached hydrogens (primary N) is 1. The highest BCUT2D eigenvalue weighted by atomic mass is 14.7. The number of hydrogen-bond acceptors (Lipinski definition) is 2. The first-order chi connectivity index (χ1) is 7.61. The normalized spacial score (nSPS) is 12.6. The van der Waals surface area contributed by atoms with E-state index in [1.807, 2.05) is 13.0 Å². The summed E-state index contributed by atoms with van der Waals surface area (Å²) in [6.07, 6.45) is 3.59. The molecule has 0 aliphatic carbocycles. The molecule has 2 nitrogen and oxygen atoms in total. The molecule has 0 aliphatic heterocycles. The number of aliphatic imine (C=N–C) groups is 1. The monoisotopic (exact) mass is 216 g/mol. The number of rotatable bonds is 4. The molecule has 0 bridgehead atoms. The fourth-order valence-corrected chi connectivity index (χ4v) is 1.56. The second-order valence-electron chi connectivity index (χ2n) is 4.25. The van der Waals surface area contributed by atoms with Crippen LogP contribution in [-0.4, -0.2) is 6.21 Å². The molecule has 2 heteroatoms. The largest absolute Gasteiger partial charge is 0.402 e. The third-order valence-electron chi connectivity index (χ3n) is 2.38. The number of benzene rings is 1. The van der Waals surface area contributed by atoms with E-state index in [-0.39, 0.29) is 0 Å². The maximum atomic E-state index is 5.52. The summed E-state index contributed by atoms with van der Waals surface area (Å²) < 4.78 is 0. The number of hydrogen-bond donors (Lipinski definition) is 1. The molecule has 0 radical (unpaired) electrons. The quantitative estimate of drug-likeness (QED) is 0.771. The van der Waals surface area contributed by atoms with Gasteiger partial charge in [0, 0.05) is 11.9 Å². The van der Waals surface area contributed by atoms with Crippen molar-refractivity contribution < 1.29 is 0 Å². The second-order valence-corrected chi connectivity index (χ2v) is 4.25. The van der Waals surface area contributed by atoms with E-state index in [0.29, 0.717) is 5.92 Å². The van der Waals surface area contributed by atoms with E-state index in [4.69, 9.17) is 5.73 Å². The Morgan fingerprint density at radius 3 is 2.69 bits per heavy atom. The lowest BCUT2D eigenvalue weighted by molar-refractivity contribution is 0.840. The lowest BCUT2D eigenvalue weighted by Gasteiger charge is -2.10. The Morgan fingerprint density at radius 1 is 1.38 bits per heavy atom. The molecular formula is C14H20N2. The summed E-state index contributed by atoms with van der Waals surface area (Å²) in [4.78, 5) is 4.34. The van der Waals surface area contributed by atoms with Crippen LogP contribution in [0.4, 0.5) is 0 Å². The number of nitrogens with zero attached hydrogens (tertiary/aromatic N) is 1. The minimum Gasteiger partial charge on any atom is -0.402 e. The van der Waals surface area contributed by atoms with Crippen LogP contribution in [0.25, 0.3) is 0 Å². The van der Waals surface area contributed by atoms with Crippen LogP contribution in [0.5, 0.6) is 0 Å². The second kappa shape index (κ2) is 6.11. The highest BCUT2D eigenvalue weighted by Gasteiger charge is 2.03. The Labute approximate surface area is 97.9 Å². The molecule has 0 aromatic heterocycles. The zero-order valence-electron chi connectivity index (χ0n) is 10.3. The average Bonchev–Trinajstić information content (AvgIpc) is 2.24. The fraction of sp³-hybridized carbons (Fsp3) is 0.357. The van der Waals surface area contributed by atoms with E-state index < -0.39 is 0 Å². The lowest BCUT2D eigenvalue weighted by atomic mass is 9.97.